The maximum atomic E-state index is 5.92. The first kappa shape index (κ1) is 28.2. The Morgan fingerprint density at radius 2 is 0.750 bits per heavy atom. The van der Waals surface area contributed by atoms with Crippen molar-refractivity contribution in [1.82, 2.24) is 0 Å². The lowest BCUT2D eigenvalue weighted by Crippen LogP contribution is -2.30. The molecular weight excluding hydrogens is 577 g/mol. The molecule has 1 fully saturated rings. The lowest BCUT2D eigenvalue weighted by molar-refractivity contribution is 0.340. The Labute approximate surface area is 193 Å². The minimum Gasteiger partial charge on any atom is -0.425 e. The van der Waals surface area contributed by atoms with Crippen LogP contribution in [0.1, 0.15) is 19.8 Å². The first-order chi connectivity index (χ1) is 13.9. The second kappa shape index (κ2) is 23.8. The summed E-state index contributed by atoms with van der Waals surface area (Å²) in [6.07, 6.45) is 2.24. The average Bonchev–Trinajstić information content (AvgIpc) is 2.71. The van der Waals surface area contributed by atoms with E-state index >= 15 is 0 Å². The van der Waals surface area contributed by atoms with Gasteiger partial charge < -0.3 is 49.4 Å². The van der Waals surface area contributed by atoms with E-state index in [1.807, 2.05) is 0 Å². The molecule has 0 saturated carbocycles. The van der Waals surface area contributed by atoms with Gasteiger partial charge in [-0.15, -0.1) is 0 Å². The molecular formula is C4H32O12Si12. The lowest BCUT2D eigenvalue weighted by atomic mass is 10.4. The van der Waals surface area contributed by atoms with Gasteiger partial charge in [-0.05, 0) is 6.04 Å². The first-order valence-corrected chi connectivity index (χ1v) is 23.4. The second-order valence-electron chi connectivity index (χ2n) is 5.24. The highest BCUT2D eigenvalue weighted by Gasteiger charge is 2.13. The van der Waals surface area contributed by atoms with E-state index in [2.05, 4.69) is 6.92 Å². The van der Waals surface area contributed by atoms with E-state index in [-0.39, 0.29) is 0 Å². The van der Waals surface area contributed by atoms with Crippen molar-refractivity contribution in [1.29, 1.82) is 0 Å². The molecule has 24 heteroatoms. The van der Waals surface area contributed by atoms with Gasteiger partial charge in [-0.2, -0.15) is 0 Å². The fraction of sp³-hybridized carbons (Fsp3) is 1.00. The minimum absolute atomic E-state index is 0.971. The Bertz CT molecular complexity index is 298. The Kier molecular flexibility index (Phi) is 23.9. The van der Waals surface area contributed by atoms with Crippen molar-refractivity contribution in [2.24, 2.45) is 0 Å². The molecule has 0 aromatic heterocycles. The van der Waals surface area contributed by atoms with Crippen molar-refractivity contribution in [2.45, 2.75) is 25.8 Å². The zero-order valence-corrected chi connectivity index (χ0v) is 33.1. The third-order valence-electron chi connectivity index (χ3n) is 2.97. The van der Waals surface area contributed by atoms with Gasteiger partial charge in [-0.25, -0.2) is 0 Å². The largest absolute Gasteiger partial charge is 0.425 e. The van der Waals surface area contributed by atoms with E-state index in [0.29, 0.717) is 0 Å². The predicted octanol–water partition coefficient (Wildman–Crippen LogP) is -9.79. The van der Waals surface area contributed by atoms with Crippen molar-refractivity contribution in [3.63, 3.8) is 0 Å². The highest BCUT2D eigenvalue weighted by molar-refractivity contribution is 6.58. The fourth-order valence-corrected chi connectivity index (χ4v) is 25.3. The molecule has 1 saturated heterocycles. The van der Waals surface area contributed by atoms with Gasteiger partial charge in [-0.3, -0.25) is 0 Å². The molecule has 1 aliphatic heterocycles. The normalized spacial score (nSPS) is 34.4. The van der Waals surface area contributed by atoms with Crippen LogP contribution in [-0.2, 0) is 49.4 Å². The van der Waals surface area contributed by atoms with Crippen LogP contribution >= 0.6 is 0 Å². The van der Waals surface area contributed by atoms with E-state index in [1.54, 1.807) is 0 Å². The summed E-state index contributed by atoms with van der Waals surface area (Å²) in [6.45, 7) is 2.16. The molecule has 0 aromatic rings. The summed E-state index contributed by atoms with van der Waals surface area (Å²) in [5.41, 5.74) is 0. The highest BCUT2D eigenvalue weighted by atomic mass is 28.4. The monoisotopic (exact) mass is 608 g/mol. The molecule has 0 bridgehead atoms. The molecule has 0 spiro atoms. The van der Waals surface area contributed by atoms with Gasteiger partial charge in [0.05, 0.1) is 0 Å². The molecule has 1 heterocycles. The molecule has 1 rings (SSSR count). The average molecular weight is 609 g/mol. The van der Waals surface area contributed by atoms with Crippen molar-refractivity contribution >= 4 is 119 Å². The Morgan fingerprint density at radius 1 is 0.464 bits per heavy atom. The molecule has 0 N–H and O–H groups in total. The summed E-state index contributed by atoms with van der Waals surface area (Å²) in [5.74, 6) is 0. The van der Waals surface area contributed by atoms with Gasteiger partial charge in [0.1, 0.15) is 0 Å². The molecule has 0 amide bonds. The molecule has 1 aliphatic rings. The maximum absolute atomic E-state index is 5.92. The van der Waals surface area contributed by atoms with Crippen LogP contribution in [0.5, 0.6) is 0 Å². The molecule has 0 radical (unpaired) electrons. The van der Waals surface area contributed by atoms with E-state index in [9.17, 15) is 0 Å². The summed E-state index contributed by atoms with van der Waals surface area (Å²) in [4.78, 5) is 0. The summed E-state index contributed by atoms with van der Waals surface area (Å²) in [7, 11) is -12.6. The van der Waals surface area contributed by atoms with E-state index in [4.69, 9.17) is 49.4 Å². The quantitative estimate of drug-likeness (QED) is 0.284. The second-order valence-corrected chi connectivity index (χ2v) is 28.3. The summed E-state index contributed by atoms with van der Waals surface area (Å²) in [6, 6.07) is 0.996. The Morgan fingerprint density at radius 3 is 1.04 bits per heavy atom. The van der Waals surface area contributed by atoms with Gasteiger partial charge in [-0.1, -0.05) is 19.8 Å². The van der Waals surface area contributed by atoms with Crippen LogP contribution in [0.4, 0.5) is 0 Å². The standard InChI is InChI=1S/C4H32O12Si12/c1-2-3-4-28-15-26-13-24-11-22-9-20-7-18-5-17-6-19-8-21-10-23-12-25-14-27-16-28/h28H,2-4,17-27H2,1H3. The number of hydrogen-bond acceptors (Lipinski definition) is 12. The maximum Gasteiger partial charge on any atom is 0.303 e. The van der Waals surface area contributed by atoms with Crippen molar-refractivity contribution in [3.05, 3.63) is 0 Å². The van der Waals surface area contributed by atoms with Crippen LogP contribution in [-0.4, -0.2) is 119 Å². The Balaban J connectivity index is 2.19. The van der Waals surface area contributed by atoms with Gasteiger partial charge in [0.2, 0.25) is 0 Å². The smallest absolute Gasteiger partial charge is 0.303 e. The third kappa shape index (κ3) is 20.0. The van der Waals surface area contributed by atoms with Crippen LogP contribution in [0, 0.1) is 0 Å². The predicted molar refractivity (Wildman–Crippen MR) is 134 cm³/mol. The van der Waals surface area contributed by atoms with Crippen LogP contribution < -0.4 is 0 Å². The summed E-state index contributed by atoms with van der Waals surface area (Å²) in [5, 5.41) is 0. The topological polar surface area (TPSA) is 111 Å². The van der Waals surface area contributed by atoms with Gasteiger partial charge in [0, 0.05) is 0 Å². The molecule has 168 valence electrons. The van der Waals surface area contributed by atoms with Crippen molar-refractivity contribution in [3.8, 4) is 0 Å². The number of unbranched alkanes of at least 4 members (excludes halogenated alkanes) is 1. The van der Waals surface area contributed by atoms with Crippen LogP contribution in [0.15, 0.2) is 0 Å². The molecule has 0 aromatic carbocycles. The molecule has 0 atom stereocenters. The van der Waals surface area contributed by atoms with Gasteiger partial charge in [0.15, 0.2) is 0 Å². The SMILES string of the molecule is CCCC[SiH]1O[SiH2]O[SiH2]O[SiH2]O[SiH2]O[SiH2]O[SiH2]O[SiH2]O[SiH2]O[SiH2]O[SiH2]O[SiH2]O1. The minimum atomic E-state index is -1.67. The summed E-state index contributed by atoms with van der Waals surface area (Å²) >= 11 is 0. The number of hydrogen-bond donors (Lipinski definition) is 0. The molecule has 0 unspecified atom stereocenters. The molecule has 12 nitrogen and oxygen atoms in total. The third-order valence-corrected chi connectivity index (χ3v) is 21.2. The fourth-order valence-electron chi connectivity index (χ4n) is 1.70. The van der Waals surface area contributed by atoms with Crippen LogP contribution in [0.25, 0.3) is 0 Å². The van der Waals surface area contributed by atoms with Gasteiger partial charge >= 0.3 is 9.28 Å². The van der Waals surface area contributed by atoms with Crippen molar-refractivity contribution in [2.75, 3.05) is 0 Å². The lowest BCUT2D eigenvalue weighted by Gasteiger charge is -2.17. The number of rotatable bonds is 3. The highest BCUT2D eigenvalue weighted by Crippen LogP contribution is 2.03. The van der Waals surface area contributed by atoms with E-state index < -0.39 is 119 Å². The van der Waals surface area contributed by atoms with Crippen LogP contribution in [0.3, 0.4) is 0 Å². The molecule has 0 aliphatic carbocycles. The Hall–Kier alpha value is 2.12. The summed E-state index contributed by atoms with van der Waals surface area (Å²) < 4.78 is 66.9. The van der Waals surface area contributed by atoms with Crippen molar-refractivity contribution < 1.29 is 49.4 Å². The zero-order chi connectivity index (χ0) is 20.0. The van der Waals surface area contributed by atoms with Crippen LogP contribution in [0.2, 0.25) is 6.04 Å². The van der Waals surface area contributed by atoms with E-state index in [1.165, 1.54) is 0 Å². The van der Waals surface area contributed by atoms with E-state index in [0.717, 1.165) is 18.9 Å². The van der Waals surface area contributed by atoms with Gasteiger partial charge in [0.25, 0.3) is 110 Å². The molecule has 28 heavy (non-hydrogen) atoms. The zero-order valence-electron chi connectivity index (χ0n) is 16.4. The first-order valence-electron chi connectivity index (χ1n) is 8.94.